The number of aromatic nitrogens is 1. The van der Waals surface area contributed by atoms with Crippen LogP contribution in [-0.2, 0) is 5.88 Å². The molecule has 0 fully saturated rings. The molecule has 0 spiro atoms. The molecule has 20 heavy (non-hydrogen) atoms. The molecule has 0 aliphatic heterocycles. The normalized spacial score (nSPS) is 11.8. The van der Waals surface area contributed by atoms with Crippen LogP contribution in [0.25, 0.3) is 10.8 Å². The van der Waals surface area contributed by atoms with Crippen molar-refractivity contribution in [2.24, 2.45) is 0 Å². The largest absolute Gasteiger partial charge is 0.405 e. The van der Waals surface area contributed by atoms with E-state index in [1.807, 2.05) is 12.1 Å². The number of pyridine rings is 1. The van der Waals surface area contributed by atoms with Crippen LogP contribution in [0.1, 0.15) is 12.6 Å². The molecule has 1 aromatic heterocycles. The van der Waals surface area contributed by atoms with Gasteiger partial charge in [0, 0.05) is 11.9 Å². The number of hydrogen-bond acceptors (Lipinski definition) is 2. The lowest BCUT2D eigenvalue weighted by atomic mass is 10.1. The van der Waals surface area contributed by atoms with Gasteiger partial charge in [0.15, 0.2) is 0 Å². The molecule has 0 N–H and O–H groups in total. The lowest BCUT2D eigenvalue weighted by Crippen LogP contribution is -2.34. The van der Waals surface area contributed by atoms with Gasteiger partial charge in [-0.1, -0.05) is 24.3 Å². The van der Waals surface area contributed by atoms with Crippen LogP contribution in [0, 0.1) is 0 Å². The molecular formula is C14H14ClF3N2. The smallest absolute Gasteiger partial charge is 0.347 e. The van der Waals surface area contributed by atoms with Crippen molar-refractivity contribution in [3.63, 3.8) is 0 Å². The number of hydrogen-bond donors (Lipinski definition) is 0. The first-order valence-electron chi connectivity index (χ1n) is 6.21. The van der Waals surface area contributed by atoms with Gasteiger partial charge in [-0.3, -0.25) is 0 Å². The minimum atomic E-state index is -4.27. The summed E-state index contributed by atoms with van der Waals surface area (Å²) in [6, 6.07) is 9.04. The summed E-state index contributed by atoms with van der Waals surface area (Å²) < 4.78 is 38.0. The average molecular weight is 303 g/mol. The molecule has 0 atom stereocenters. The van der Waals surface area contributed by atoms with E-state index in [1.54, 1.807) is 25.1 Å². The van der Waals surface area contributed by atoms with Gasteiger partial charge in [-0.15, -0.1) is 11.6 Å². The van der Waals surface area contributed by atoms with Crippen molar-refractivity contribution in [1.82, 2.24) is 4.98 Å². The Hall–Kier alpha value is -1.49. The molecule has 0 radical (unpaired) electrons. The van der Waals surface area contributed by atoms with Gasteiger partial charge in [-0.2, -0.15) is 13.2 Å². The van der Waals surface area contributed by atoms with E-state index in [2.05, 4.69) is 4.98 Å². The first-order valence-corrected chi connectivity index (χ1v) is 6.74. The average Bonchev–Trinajstić information content (AvgIpc) is 2.42. The van der Waals surface area contributed by atoms with Crippen molar-refractivity contribution in [2.75, 3.05) is 18.0 Å². The Bertz CT molecular complexity index is 598. The van der Waals surface area contributed by atoms with Crippen LogP contribution in [0.2, 0.25) is 0 Å². The molecule has 0 aliphatic rings. The number of rotatable bonds is 4. The van der Waals surface area contributed by atoms with Gasteiger partial charge in [-0.25, -0.2) is 4.98 Å². The Morgan fingerprint density at radius 1 is 1.25 bits per heavy atom. The zero-order valence-electron chi connectivity index (χ0n) is 10.9. The zero-order valence-corrected chi connectivity index (χ0v) is 11.7. The maximum Gasteiger partial charge on any atom is 0.405 e. The van der Waals surface area contributed by atoms with E-state index in [4.69, 9.17) is 11.6 Å². The number of halogens is 4. The molecule has 0 aliphatic carbocycles. The summed E-state index contributed by atoms with van der Waals surface area (Å²) in [4.78, 5) is 5.49. The molecule has 1 aromatic carbocycles. The molecule has 108 valence electrons. The van der Waals surface area contributed by atoms with Gasteiger partial charge >= 0.3 is 6.18 Å². The van der Waals surface area contributed by atoms with Gasteiger partial charge in [0.05, 0.1) is 11.6 Å². The van der Waals surface area contributed by atoms with E-state index in [0.29, 0.717) is 16.9 Å². The second kappa shape index (κ2) is 5.87. The molecule has 0 amide bonds. The fourth-order valence-electron chi connectivity index (χ4n) is 2.10. The molecule has 0 unspecified atom stereocenters. The van der Waals surface area contributed by atoms with Crippen LogP contribution in [-0.4, -0.2) is 24.2 Å². The Morgan fingerprint density at radius 3 is 2.55 bits per heavy atom. The van der Waals surface area contributed by atoms with Crippen LogP contribution < -0.4 is 4.90 Å². The molecular weight excluding hydrogens is 289 g/mol. The molecule has 2 rings (SSSR count). The second-order valence-electron chi connectivity index (χ2n) is 4.42. The summed E-state index contributed by atoms with van der Waals surface area (Å²) in [5.41, 5.74) is 0.570. The predicted octanol–water partition coefficient (Wildman–Crippen LogP) is 4.36. The summed E-state index contributed by atoms with van der Waals surface area (Å²) in [5.74, 6) is 0.500. The summed E-state index contributed by atoms with van der Waals surface area (Å²) in [6.45, 7) is 0.879. The molecule has 0 bridgehead atoms. The number of nitrogens with zero attached hydrogens (tertiary/aromatic N) is 2. The van der Waals surface area contributed by atoms with Crippen molar-refractivity contribution in [2.45, 2.75) is 19.0 Å². The Morgan fingerprint density at radius 2 is 1.95 bits per heavy atom. The fourth-order valence-corrected chi connectivity index (χ4v) is 2.23. The van der Waals surface area contributed by atoms with Crippen molar-refractivity contribution < 1.29 is 13.2 Å². The number of alkyl halides is 4. The van der Waals surface area contributed by atoms with Gasteiger partial charge < -0.3 is 4.90 Å². The maximum absolute atomic E-state index is 12.7. The van der Waals surface area contributed by atoms with E-state index >= 15 is 0 Å². The third kappa shape index (κ3) is 3.33. The fraction of sp³-hybridized carbons (Fsp3) is 0.357. The minimum Gasteiger partial charge on any atom is -0.347 e. The lowest BCUT2D eigenvalue weighted by Gasteiger charge is -2.25. The number of fused-ring (bicyclic) bond motifs is 1. The van der Waals surface area contributed by atoms with E-state index in [-0.39, 0.29) is 12.4 Å². The van der Waals surface area contributed by atoms with E-state index in [9.17, 15) is 13.2 Å². The standard InChI is InChI=1S/C14H14ClF3N2/c1-2-20(9-14(16,17)18)13-12-6-4-3-5-10(12)7-11(8-15)19-13/h3-7H,2,8-9H2,1H3. The third-order valence-electron chi connectivity index (χ3n) is 2.96. The molecule has 2 aromatic rings. The third-order valence-corrected chi connectivity index (χ3v) is 3.24. The molecule has 0 saturated carbocycles. The predicted molar refractivity (Wildman–Crippen MR) is 75.2 cm³/mol. The van der Waals surface area contributed by atoms with Crippen molar-refractivity contribution in [3.8, 4) is 0 Å². The van der Waals surface area contributed by atoms with Crippen molar-refractivity contribution >= 4 is 28.2 Å². The maximum atomic E-state index is 12.7. The van der Waals surface area contributed by atoms with Crippen LogP contribution in [0.3, 0.4) is 0 Å². The highest BCUT2D eigenvalue weighted by molar-refractivity contribution is 6.17. The monoisotopic (exact) mass is 302 g/mol. The van der Waals surface area contributed by atoms with Gasteiger partial charge in [0.1, 0.15) is 12.4 Å². The second-order valence-corrected chi connectivity index (χ2v) is 4.69. The summed E-state index contributed by atoms with van der Waals surface area (Å²) >= 11 is 5.78. The van der Waals surface area contributed by atoms with Crippen LogP contribution >= 0.6 is 11.6 Å². The van der Waals surface area contributed by atoms with E-state index in [1.165, 1.54) is 4.90 Å². The molecule has 0 saturated heterocycles. The van der Waals surface area contributed by atoms with E-state index in [0.717, 1.165) is 5.39 Å². The van der Waals surface area contributed by atoms with Crippen molar-refractivity contribution in [3.05, 3.63) is 36.0 Å². The minimum absolute atomic E-state index is 0.168. The Kier molecular flexibility index (Phi) is 4.38. The highest BCUT2D eigenvalue weighted by Gasteiger charge is 2.31. The molecule has 2 nitrogen and oxygen atoms in total. The van der Waals surface area contributed by atoms with Gasteiger partial charge in [0.25, 0.3) is 0 Å². The molecule has 6 heteroatoms. The first kappa shape index (κ1) is 14.9. The van der Waals surface area contributed by atoms with Crippen molar-refractivity contribution in [1.29, 1.82) is 0 Å². The summed E-state index contributed by atoms with van der Waals surface area (Å²) in [7, 11) is 0. The SMILES string of the molecule is CCN(CC(F)(F)F)c1nc(CCl)cc2ccccc12. The zero-order chi connectivity index (χ0) is 14.8. The summed E-state index contributed by atoms with van der Waals surface area (Å²) in [6.07, 6.45) is -4.27. The van der Waals surface area contributed by atoms with Crippen LogP contribution in [0.4, 0.5) is 19.0 Å². The highest BCUT2D eigenvalue weighted by atomic mass is 35.5. The highest BCUT2D eigenvalue weighted by Crippen LogP contribution is 2.28. The summed E-state index contributed by atoms with van der Waals surface area (Å²) in [5, 5.41) is 1.54. The topological polar surface area (TPSA) is 16.1 Å². The van der Waals surface area contributed by atoms with Crippen LogP contribution in [0.15, 0.2) is 30.3 Å². The molecule has 1 heterocycles. The van der Waals surface area contributed by atoms with Gasteiger partial charge in [0.2, 0.25) is 0 Å². The number of benzene rings is 1. The number of anilines is 1. The van der Waals surface area contributed by atoms with Gasteiger partial charge in [-0.05, 0) is 18.4 Å². The Labute approximate surface area is 120 Å². The quantitative estimate of drug-likeness (QED) is 0.780. The Balaban J connectivity index is 2.55. The lowest BCUT2D eigenvalue weighted by molar-refractivity contribution is -0.119. The first-order chi connectivity index (χ1) is 9.44. The van der Waals surface area contributed by atoms with Crippen LogP contribution in [0.5, 0.6) is 0 Å². The van der Waals surface area contributed by atoms with E-state index < -0.39 is 12.7 Å².